The van der Waals surface area contributed by atoms with Crippen molar-refractivity contribution < 1.29 is 4.79 Å². The number of aryl methyl sites for hydroxylation is 1. The van der Waals surface area contributed by atoms with Crippen molar-refractivity contribution in [2.24, 2.45) is 0 Å². The quantitative estimate of drug-likeness (QED) is 0.0909. The Morgan fingerprint density at radius 1 is 0.850 bits per heavy atom. The molecule has 2 rings (SSSR count). The second kappa shape index (κ2) is 19.2. The monoisotopic (exact) mass is 618 g/mol. The molecule has 0 saturated carbocycles. The Bertz CT molecular complexity index is 950. The van der Waals surface area contributed by atoms with Gasteiger partial charge in [0.1, 0.15) is 0 Å². The number of carbonyl (C=O) groups excluding carboxylic acids is 1. The van der Waals surface area contributed by atoms with E-state index in [4.69, 9.17) is 0 Å². The van der Waals surface area contributed by atoms with Gasteiger partial charge in [-0.3, -0.25) is 10.2 Å². The zero-order valence-electron chi connectivity index (χ0n) is 26.1. The first-order valence-corrected chi connectivity index (χ1v) is 16.9. The minimum absolute atomic E-state index is 0.140. The first kappa shape index (κ1) is 34.2. The molecule has 0 aliphatic carbocycles. The third kappa shape index (κ3) is 11.5. The maximum atomic E-state index is 13.9. The fourth-order valence-electron chi connectivity index (χ4n) is 5.14. The van der Waals surface area contributed by atoms with Crippen molar-refractivity contribution in [2.45, 2.75) is 155 Å². The average molecular weight is 620 g/mol. The Kier molecular flexibility index (Phi) is 16.4. The van der Waals surface area contributed by atoms with E-state index in [0.717, 1.165) is 31.4 Å². The Hall–Kier alpha value is -1.96. The number of halogens is 1. The zero-order chi connectivity index (χ0) is 29.3. The lowest BCUT2D eigenvalue weighted by atomic mass is 9.91. The Labute approximate surface area is 252 Å². The number of benzene rings is 1. The van der Waals surface area contributed by atoms with Gasteiger partial charge in [0.15, 0.2) is 0 Å². The summed E-state index contributed by atoms with van der Waals surface area (Å²) in [7, 11) is 0. The number of tetrazole rings is 1. The van der Waals surface area contributed by atoms with Crippen molar-refractivity contribution in [3.05, 3.63) is 29.3 Å². The fourth-order valence-corrected chi connectivity index (χ4v) is 5.85. The molecular weight excluding hydrogens is 564 g/mol. The maximum Gasteiger partial charge on any atom is 0.329 e. The number of para-hydroxylation sites is 1. The molecule has 7 nitrogen and oxygen atoms in total. The molecule has 1 N–H and O–H groups in total. The lowest BCUT2D eigenvalue weighted by molar-refractivity contribution is 0.256. The smallest absolute Gasteiger partial charge is 0.280 e. The normalized spacial score (nSPS) is 12.3. The van der Waals surface area contributed by atoms with Crippen molar-refractivity contribution >= 4 is 33.6 Å². The van der Waals surface area contributed by atoms with Crippen molar-refractivity contribution in [2.75, 3.05) is 10.2 Å². The lowest BCUT2D eigenvalue weighted by Gasteiger charge is -2.33. The van der Waals surface area contributed by atoms with Crippen LogP contribution in [0.2, 0.25) is 0 Å². The van der Waals surface area contributed by atoms with E-state index in [-0.39, 0.29) is 28.8 Å². The van der Waals surface area contributed by atoms with E-state index in [0.29, 0.717) is 6.54 Å². The van der Waals surface area contributed by atoms with E-state index in [2.05, 4.69) is 96.4 Å². The number of rotatable bonds is 20. The van der Waals surface area contributed by atoms with Gasteiger partial charge in [0.2, 0.25) is 0 Å². The van der Waals surface area contributed by atoms with E-state index < -0.39 is 0 Å². The van der Waals surface area contributed by atoms with Crippen LogP contribution in [0.1, 0.15) is 154 Å². The number of hydrogen-bond donors (Lipinski definition) is 1. The van der Waals surface area contributed by atoms with Crippen LogP contribution in [-0.2, 0) is 6.54 Å². The molecule has 0 aliphatic heterocycles. The van der Waals surface area contributed by atoms with E-state index in [1.807, 2.05) is 4.90 Å². The van der Waals surface area contributed by atoms with Crippen LogP contribution in [0.25, 0.3) is 0 Å². The summed E-state index contributed by atoms with van der Waals surface area (Å²) in [5.74, 6) is 0.808. The molecule has 1 aromatic carbocycles. The summed E-state index contributed by atoms with van der Waals surface area (Å²) in [5.41, 5.74) is 3.34. The largest absolute Gasteiger partial charge is 0.329 e. The summed E-state index contributed by atoms with van der Waals surface area (Å²) in [6, 6.07) is 6.18. The van der Waals surface area contributed by atoms with Crippen LogP contribution in [0.3, 0.4) is 0 Å². The van der Waals surface area contributed by atoms with Gasteiger partial charge in [-0.05, 0) is 41.0 Å². The molecule has 0 radical (unpaired) electrons. The van der Waals surface area contributed by atoms with Crippen LogP contribution in [0, 0.1) is 0 Å². The highest BCUT2D eigenvalue weighted by atomic mass is 79.9. The second-order valence-corrected chi connectivity index (χ2v) is 12.8. The molecule has 1 heterocycles. The summed E-state index contributed by atoms with van der Waals surface area (Å²) >= 11 is 3.92. The number of nitrogens with zero attached hydrogens (tertiary/aromatic N) is 5. The van der Waals surface area contributed by atoms with Gasteiger partial charge < -0.3 is 0 Å². The highest BCUT2D eigenvalue weighted by Crippen LogP contribution is 2.38. The fraction of sp³-hybridized carbons (Fsp3) is 0.750. The number of nitrogens with one attached hydrogen (secondary N) is 1. The molecule has 1 aromatic heterocycles. The first-order chi connectivity index (χ1) is 19.3. The second-order valence-electron chi connectivity index (χ2n) is 11.7. The van der Waals surface area contributed by atoms with Gasteiger partial charge in [-0.25, -0.2) is 4.79 Å². The van der Waals surface area contributed by atoms with Gasteiger partial charge in [0.25, 0.3) is 5.95 Å². The average Bonchev–Trinajstić information content (AvgIpc) is 3.37. The SMILES string of the molecule is CCCCCCCCCn1nnc(NC(=O)N(c2c(C(C)C)cccc2C(C)C)C(Br)CCCCCCCC)n1. The molecule has 40 heavy (non-hydrogen) atoms. The number of carbonyl (C=O) groups is 1. The van der Waals surface area contributed by atoms with Gasteiger partial charge in [0.05, 0.1) is 17.2 Å². The molecule has 8 heteroatoms. The van der Waals surface area contributed by atoms with Crippen LogP contribution in [0.5, 0.6) is 0 Å². The molecular formula is C32H55BrN6O. The minimum atomic E-state index is -0.224. The number of hydrogen-bond acceptors (Lipinski definition) is 4. The van der Waals surface area contributed by atoms with E-state index in [1.54, 1.807) is 4.80 Å². The summed E-state index contributed by atoms with van der Waals surface area (Å²) in [5, 5.41) is 15.8. The van der Waals surface area contributed by atoms with E-state index in [1.165, 1.54) is 75.3 Å². The van der Waals surface area contributed by atoms with Crippen LogP contribution in [-0.4, -0.2) is 31.2 Å². The lowest BCUT2D eigenvalue weighted by Crippen LogP contribution is -2.42. The molecule has 1 atom stereocenters. The molecule has 0 aliphatic rings. The number of anilines is 2. The van der Waals surface area contributed by atoms with Gasteiger partial charge in [0, 0.05) is 0 Å². The van der Waals surface area contributed by atoms with E-state index >= 15 is 0 Å². The highest BCUT2D eigenvalue weighted by molar-refractivity contribution is 9.09. The number of alkyl halides is 1. The first-order valence-electron chi connectivity index (χ1n) is 15.9. The Morgan fingerprint density at radius 2 is 1.38 bits per heavy atom. The summed E-state index contributed by atoms with van der Waals surface area (Å²) < 4.78 is 0. The third-order valence-electron chi connectivity index (χ3n) is 7.51. The van der Waals surface area contributed by atoms with Crippen molar-refractivity contribution in [1.29, 1.82) is 0 Å². The minimum Gasteiger partial charge on any atom is -0.280 e. The Balaban J connectivity index is 2.16. The van der Waals surface area contributed by atoms with Crippen molar-refractivity contribution in [1.82, 2.24) is 20.2 Å². The molecule has 2 amide bonds. The predicted molar refractivity (Wildman–Crippen MR) is 173 cm³/mol. The van der Waals surface area contributed by atoms with Gasteiger partial charge in [-0.2, -0.15) is 4.80 Å². The maximum absolute atomic E-state index is 13.9. The summed E-state index contributed by atoms with van der Waals surface area (Å²) in [6.07, 6.45) is 16.8. The molecule has 2 aromatic rings. The molecule has 0 spiro atoms. The van der Waals surface area contributed by atoms with Gasteiger partial charge >= 0.3 is 6.03 Å². The van der Waals surface area contributed by atoms with Crippen LogP contribution in [0.15, 0.2) is 18.2 Å². The molecule has 0 fully saturated rings. The molecule has 0 bridgehead atoms. The van der Waals surface area contributed by atoms with E-state index in [9.17, 15) is 4.79 Å². The highest BCUT2D eigenvalue weighted by Gasteiger charge is 2.30. The Morgan fingerprint density at radius 3 is 1.93 bits per heavy atom. The van der Waals surface area contributed by atoms with Crippen molar-refractivity contribution in [3.8, 4) is 0 Å². The standard InChI is InChI=1S/C32H55BrN6O/c1-7-9-11-13-15-17-19-24-38-36-31(35-37-38)34-32(40)39(29(33)23-18-16-14-12-10-8-2)30-27(25(3)4)21-20-22-28(30)26(5)6/h20-22,25-26,29H,7-19,23-24H2,1-6H3,(H,34,36,40). The summed E-state index contributed by atoms with van der Waals surface area (Å²) in [6.45, 7) is 13.9. The third-order valence-corrected chi connectivity index (χ3v) is 8.38. The molecule has 0 saturated heterocycles. The molecule has 1 unspecified atom stereocenters. The van der Waals surface area contributed by atoms with Gasteiger partial charge in [-0.15, -0.1) is 5.10 Å². The zero-order valence-corrected chi connectivity index (χ0v) is 27.7. The van der Waals surface area contributed by atoms with Crippen molar-refractivity contribution in [3.63, 3.8) is 0 Å². The summed E-state index contributed by atoms with van der Waals surface area (Å²) in [4.78, 5) is 17.3. The predicted octanol–water partition coefficient (Wildman–Crippen LogP) is 10.2. The number of aromatic nitrogens is 4. The van der Waals surface area contributed by atoms with Crippen LogP contribution in [0.4, 0.5) is 16.4 Å². The topological polar surface area (TPSA) is 75.9 Å². The molecule has 226 valence electrons. The van der Waals surface area contributed by atoms with Crippen LogP contribution >= 0.6 is 15.9 Å². The number of unbranched alkanes of at least 4 members (excludes halogenated alkanes) is 11. The number of urea groups is 1. The van der Waals surface area contributed by atoms with Crippen LogP contribution < -0.4 is 10.2 Å². The van der Waals surface area contributed by atoms with Gasteiger partial charge in [-0.1, -0.05) is 158 Å². The number of amides is 2.